The Bertz CT molecular complexity index is 938. The van der Waals surface area contributed by atoms with E-state index in [-0.39, 0.29) is 27.7 Å². The first-order valence-electron chi connectivity index (χ1n) is 7.68. The quantitative estimate of drug-likeness (QED) is 0.712. The molecule has 1 aliphatic heterocycles. The van der Waals surface area contributed by atoms with Crippen LogP contribution in [-0.2, 0) is 20.7 Å². The fourth-order valence-corrected chi connectivity index (χ4v) is 3.85. The summed E-state index contributed by atoms with van der Waals surface area (Å²) in [7, 11) is 0. The molecule has 1 aliphatic rings. The summed E-state index contributed by atoms with van der Waals surface area (Å²) in [6.07, 6.45) is 1.51. The molecule has 0 amide bonds. The van der Waals surface area contributed by atoms with E-state index in [0.717, 1.165) is 12.1 Å². The van der Waals surface area contributed by atoms with Gasteiger partial charge in [-0.05, 0) is 60.9 Å². The Morgan fingerprint density at radius 2 is 1.73 bits per heavy atom. The molecule has 0 saturated heterocycles. The highest BCUT2D eigenvalue weighted by molar-refractivity contribution is 7.90. The van der Waals surface area contributed by atoms with Crippen molar-refractivity contribution in [2.45, 2.75) is 24.3 Å². The van der Waals surface area contributed by atoms with Crippen molar-refractivity contribution in [2.75, 3.05) is 6.26 Å². The van der Waals surface area contributed by atoms with Crippen LogP contribution in [-0.4, -0.2) is 22.2 Å². The van der Waals surface area contributed by atoms with Gasteiger partial charge in [0.05, 0.1) is 10.6 Å². The predicted octanol–water partition coefficient (Wildman–Crippen LogP) is 4.60. The molecule has 1 heterocycles. The normalized spacial score (nSPS) is 17.4. The minimum atomic E-state index is -1.27. The molecule has 0 bridgehead atoms. The van der Waals surface area contributed by atoms with Crippen molar-refractivity contribution in [3.05, 3.63) is 64.2 Å². The van der Waals surface area contributed by atoms with E-state index in [1.165, 1.54) is 12.3 Å². The van der Waals surface area contributed by atoms with E-state index in [1.54, 1.807) is 32.0 Å². The summed E-state index contributed by atoms with van der Waals surface area (Å²) in [6.45, 7) is 3.19. The van der Waals surface area contributed by atoms with Gasteiger partial charge in [-0.3, -0.25) is 4.79 Å². The zero-order valence-corrected chi connectivity index (χ0v) is 15.8. The second-order valence-corrected chi connectivity index (χ2v) is 8.13. The molecule has 2 aromatic rings. The molecular weight excluding hydrogens is 382 g/mol. The Morgan fingerprint density at radius 1 is 1.08 bits per heavy atom. The number of carbonyl (C=O) groups is 1. The summed E-state index contributed by atoms with van der Waals surface area (Å²) >= 11 is 4.91. The first-order chi connectivity index (χ1) is 12.1. The largest absolute Gasteiger partial charge is 0.612 e. The van der Waals surface area contributed by atoms with Gasteiger partial charge in [-0.15, -0.1) is 0 Å². The number of ketones is 1. The van der Waals surface area contributed by atoms with E-state index >= 15 is 0 Å². The maximum Gasteiger partial charge on any atom is 0.210 e. The molecule has 0 aromatic heterocycles. The van der Waals surface area contributed by atoms with Gasteiger partial charge in [-0.25, -0.2) is 8.78 Å². The van der Waals surface area contributed by atoms with Crippen molar-refractivity contribution >= 4 is 39.9 Å². The molecule has 0 aliphatic carbocycles. The molecular formula is C19H15ClF2O3S. The smallest absolute Gasteiger partial charge is 0.210 e. The van der Waals surface area contributed by atoms with Crippen LogP contribution in [0.25, 0.3) is 11.3 Å². The van der Waals surface area contributed by atoms with Crippen molar-refractivity contribution in [3.63, 3.8) is 0 Å². The van der Waals surface area contributed by atoms with Crippen LogP contribution in [0.4, 0.5) is 8.78 Å². The van der Waals surface area contributed by atoms with Gasteiger partial charge in [-0.2, -0.15) is 0 Å². The molecule has 2 aromatic carbocycles. The summed E-state index contributed by atoms with van der Waals surface area (Å²) in [6, 6.07) is 8.01. The average Bonchev–Trinajstić information content (AvgIpc) is 2.80. The zero-order chi connectivity index (χ0) is 19.2. The molecule has 7 heteroatoms. The van der Waals surface area contributed by atoms with Crippen LogP contribution < -0.4 is 0 Å². The Balaban J connectivity index is 2.20. The zero-order valence-electron chi connectivity index (χ0n) is 14.2. The third-order valence-electron chi connectivity index (χ3n) is 4.07. The number of ether oxygens (including phenoxy) is 1. The fraction of sp³-hybridized carbons (Fsp3) is 0.211. The number of Topliss-reactive ketones (excluding diaryl/α,β-unsaturated/α-hetero) is 1. The predicted molar refractivity (Wildman–Crippen MR) is 97.1 cm³/mol. The van der Waals surface area contributed by atoms with Crippen LogP contribution >= 0.6 is 11.6 Å². The van der Waals surface area contributed by atoms with Crippen LogP contribution in [0.3, 0.4) is 0 Å². The highest BCUT2D eigenvalue weighted by Crippen LogP contribution is 2.42. The topological polar surface area (TPSA) is 49.4 Å². The first-order valence-corrected chi connectivity index (χ1v) is 9.62. The van der Waals surface area contributed by atoms with Crippen LogP contribution in [0.5, 0.6) is 0 Å². The lowest BCUT2D eigenvalue weighted by Crippen LogP contribution is -2.29. The molecule has 26 heavy (non-hydrogen) atoms. The van der Waals surface area contributed by atoms with Gasteiger partial charge in [0.25, 0.3) is 0 Å². The molecule has 0 saturated carbocycles. The van der Waals surface area contributed by atoms with Crippen molar-refractivity contribution in [2.24, 2.45) is 0 Å². The summed E-state index contributed by atoms with van der Waals surface area (Å²) in [4.78, 5) is 13.2. The summed E-state index contributed by atoms with van der Waals surface area (Å²) in [5, 5.41) is 0.265. The Kier molecular flexibility index (Phi) is 4.86. The number of hydrogen-bond donors (Lipinski definition) is 0. The molecule has 136 valence electrons. The maximum absolute atomic E-state index is 13.7. The number of carbonyl (C=O) groups excluding carboxylic acids is 1. The van der Waals surface area contributed by atoms with Crippen LogP contribution in [0.2, 0.25) is 5.02 Å². The van der Waals surface area contributed by atoms with Crippen molar-refractivity contribution < 1.29 is 22.9 Å². The Labute approximate surface area is 157 Å². The minimum Gasteiger partial charge on any atom is -0.612 e. The second-order valence-electron chi connectivity index (χ2n) is 6.37. The number of rotatable bonds is 3. The van der Waals surface area contributed by atoms with Gasteiger partial charge in [0.15, 0.2) is 22.1 Å². The molecule has 0 spiro atoms. The van der Waals surface area contributed by atoms with Gasteiger partial charge in [0.1, 0.15) is 12.0 Å². The molecule has 1 atom stereocenters. The lowest BCUT2D eigenvalue weighted by molar-refractivity contribution is -0.125. The first kappa shape index (κ1) is 18.9. The molecule has 0 N–H and O–H groups in total. The van der Waals surface area contributed by atoms with Crippen molar-refractivity contribution in [3.8, 4) is 0 Å². The van der Waals surface area contributed by atoms with E-state index in [4.69, 9.17) is 16.3 Å². The lowest BCUT2D eigenvalue weighted by atomic mass is 9.92. The minimum absolute atomic E-state index is 0.148. The summed E-state index contributed by atoms with van der Waals surface area (Å²) in [5.74, 6) is -2.18. The fourth-order valence-electron chi connectivity index (χ4n) is 2.75. The van der Waals surface area contributed by atoms with E-state index in [2.05, 4.69) is 0 Å². The van der Waals surface area contributed by atoms with Gasteiger partial charge in [0.2, 0.25) is 5.78 Å². The molecule has 3 rings (SSSR count). The monoisotopic (exact) mass is 396 g/mol. The third kappa shape index (κ3) is 3.24. The van der Waals surface area contributed by atoms with Gasteiger partial charge < -0.3 is 9.29 Å². The third-order valence-corrected chi connectivity index (χ3v) is 5.47. The SMILES string of the molecule is C[S+]([O-])c1ccc(C2=C(c3ccc(F)c(F)c3)C(=O)C(C)(C)O2)cc1Cl. The van der Waals surface area contributed by atoms with Gasteiger partial charge >= 0.3 is 0 Å². The van der Waals surface area contributed by atoms with Crippen molar-refractivity contribution in [1.82, 2.24) is 0 Å². The van der Waals surface area contributed by atoms with E-state index < -0.39 is 28.4 Å². The highest BCUT2D eigenvalue weighted by atomic mass is 35.5. The molecule has 0 radical (unpaired) electrons. The van der Waals surface area contributed by atoms with E-state index in [0.29, 0.717) is 10.5 Å². The van der Waals surface area contributed by atoms with Gasteiger partial charge in [0, 0.05) is 5.56 Å². The average molecular weight is 397 g/mol. The van der Waals surface area contributed by atoms with E-state index in [9.17, 15) is 18.1 Å². The molecule has 1 unspecified atom stereocenters. The standard InChI is InChI=1S/C19H15ClF2O3S/c1-19(2)18(23)16(10-4-6-13(21)14(22)9-10)17(25-19)11-5-7-15(26(3)24)12(20)8-11/h4-9H,1-3H3. The number of benzene rings is 2. The summed E-state index contributed by atoms with van der Waals surface area (Å²) in [5.41, 5.74) is -0.305. The molecule has 3 nitrogen and oxygen atoms in total. The number of hydrogen-bond acceptors (Lipinski definition) is 3. The second kappa shape index (κ2) is 6.68. The van der Waals surface area contributed by atoms with Crippen LogP contribution in [0.1, 0.15) is 25.0 Å². The lowest BCUT2D eigenvalue weighted by Gasteiger charge is -2.18. The number of halogens is 3. The van der Waals surface area contributed by atoms with Crippen molar-refractivity contribution in [1.29, 1.82) is 0 Å². The highest BCUT2D eigenvalue weighted by Gasteiger charge is 2.43. The Hall–Kier alpha value is -1.89. The summed E-state index contributed by atoms with van der Waals surface area (Å²) < 4.78 is 44.4. The van der Waals surface area contributed by atoms with Crippen LogP contribution in [0, 0.1) is 11.6 Å². The Morgan fingerprint density at radius 3 is 2.31 bits per heavy atom. The van der Waals surface area contributed by atoms with Crippen LogP contribution in [0.15, 0.2) is 41.3 Å². The van der Waals surface area contributed by atoms with Gasteiger partial charge in [-0.1, -0.05) is 17.7 Å². The van der Waals surface area contributed by atoms with E-state index in [1.807, 2.05) is 0 Å². The maximum atomic E-state index is 13.7. The molecule has 0 fully saturated rings.